The number of nitrogens with zero attached hydrogens (tertiary/aromatic N) is 2. The maximum Gasteiger partial charge on any atom is 0.292 e. The summed E-state index contributed by atoms with van der Waals surface area (Å²) in [6.45, 7) is 0.244. The number of para-hydroxylation sites is 2. The minimum Gasteiger partial charge on any atom is -0.319 e. The van der Waals surface area contributed by atoms with Crippen LogP contribution in [0.2, 0.25) is 0 Å². The van der Waals surface area contributed by atoms with Crippen molar-refractivity contribution in [3.8, 4) is 0 Å². The Labute approximate surface area is 134 Å². The number of rotatable bonds is 6. The molecule has 6 nitrogen and oxygen atoms in total. The highest BCUT2D eigenvalue weighted by molar-refractivity contribution is 7.99. The minimum absolute atomic E-state index is 0.0821. The first-order valence-corrected chi connectivity index (χ1v) is 8.58. The highest BCUT2D eigenvalue weighted by Crippen LogP contribution is 2.31. The lowest BCUT2D eigenvalue weighted by Gasteiger charge is -2.28. The maximum absolute atomic E-state index is 12.2. The van der Waals surface area contributed by atoms with Gasteiger partial charge in [0.25, 0.3) is 5.69 Å². The van der Waals surface area contributed by atoms with E-state index >= 15 is 0 Å². The summed E-state index contributed by atoms with van der Waals surface area (Å²) < 4.78 is 0. The Morgan fingerprint density at radius 1 is 1.45 bits per heavy atom. The van der Waals surface area contributed by atoms with Crippen molar-refractivity contribution in [2.75, 3.05) is 25.2 Å². The third kappa shape index (κ3) is 3.98. The molecule has 0 heterocycles. The summed E-state index contributed by atoms with van der Waals surface area (Å²) in [6.07, 6.45) is 5.57. The van der Waals surface area contributed by atoms with Gasteiger partial charge < -0.3 is 5.32 Å². The quantitative estimate of drug-likeness (QED) is 0.643. The van der Waals surface area contributed by atoms with Gasteiger partial charge in [-0.15, -0.1) is 0 Å². The molecule has 1 N–H and O–H groups in total. The lowest BCUT2D eigenvalue weighted by Crippen LogP contribution is -2.41. The van der Waals surface area contributed by atoms with Crippen LogP contribution in [0.3, 0.4) is 0 Å². The van der Waals surface area contributed by atoms with Gasteiger partial charge >= 0.3 is 0 Å². The minimum atomic E-state index is -0.486. The Morgan fingerprint density at radius 3 is 2.86 bits per heavy atom. The number of thioether (sulfide) groups is 1. The highest BCUT2D eigenvalue weighted by Gasteiger charge is 2.30. The van der Waals surface area contributed by atoms with E-state index in [2.05, 4.69) is 16.5 Å². The average molecular weight is 323 g/mol. The van der Waals surface area contributed by atoms with Crippen molar-refractivity contribution in [1.82, 2.24) is 4.90 Å². The van der Waals surface area contributed by atoms with Crippen molar-refractivity contribution >= 4 is 29.0 Å². The van der Waals surface area contributed by atoms with E-state index in [1.807, 2.05) is 18.8 Å². The second kappa shape index (κ2) is 7.60. The number of likely N-dealkylation sites (N-methyl/N-ethyl adjacent to an activating group) is 1. The summed E-state index contributed by atoms with van der Waals surface area (Å²) >= 11 is 1.84. The average Bonchev–Trinajstić information content (AvgIpc) is 2.96. The second-order valence-corrected chi connectivity index (χ2v) is 6.59. The van der Waals surface area contributed by atoms with Crippen molar-refractivity contribution < 1.29 is 9.72 Å². The van der Waals surface area contributed by atoms with Gasteiger partial charge in [-0.05, 0) is 32.2 Å². The molecule has 120 valence electrons. The standard InChI is InChI=1S/C15H21N3O3S/c1-17(13-8-5-9-14(13)22-2)10-15(19)16-11-6-3-4-7-12(11)18(20)21/h3-4,6-7,13-14H,5,8-10H2,1-2H3,(H,16,19)/t13-,14-/m1/s1. The molecule has 1 aromatic carbocycles. The number of amides is 1. The molecular formula is C15H21N3O3S. The normalized spacial score (nSPS) is 21.0. The smallest absolute Gasteiger partial charge is 0.292 e. The lowest BCUT2D eigenvalue weighted by molar-refractivity contribution is -0.383. The van der Waals surface area contributed by atoms with Crippen LogP contribution in [-0.2, 0) is 4.79 Å². The molecule has 1 saturated carbocycles. The molecule has 22 heavy (non-hydrogen) atoms. The molecule has 0 bridgehead atoms. The predicted octanol–water partition coefficient (Wildman–Crippen LogP) is 2.75. The van der Waals surface area contributed by atoms with Gasteiger partial charge in [0.05, 0.1) is 11.5 Å². The van der Waals surface area contributed by atoms with Crippen LogP contribution >= 0.6 is 11.8 Å². The summed E-state index contributed by atoms with van der Waals surface area (Å²) in [6, 6.07) is 6.59. The monoisotopic (exact) mass is 323 g/mol. The Morgan fingerprint density at radius 2 is 2.18 bits per heavy atom. The van der Waals surface area contributed by atoms with Crippen molar-refractivity contribution in [2.24, 2.45) is 0 Å². The molecule has 1 aliphatic carbocycles. The van der Waals surface area contributed by atoms with Gasteiger partial charge in [0.15, 0.2) is 0 Å². The summed E-state index contributed by atoms with van der Waals surface area (Å²) in [5.74, 6) is -0.219. The van der Waals surface area contributed by atoms with Crippen molar-refractivity contribution in [3.63, 3.8) is 0 Å². The predicted molar refractivity (Wildman–Crippen MR) is 89.3 cm³/mol. The van der Waals surface area contributed by atoms with Crippen LogP contribution in [0.1, 0.15) is 19.3 Å². The van der Waals surface area contributed by atoms with E-state index in [0.717, 1.165) is 6.42 Å². The molecule has 1 aliphatic rings. The van der Waals surface area contributed by atoms with E-state index in [4.69, 9.17) is 0 Å². The largest absolute Gasteiger partial charge is 0.319 e. The van der Waals surface area contributed by atoms with E-state index in [1.54, 1.807) is 18.2 Å². The first-order chi connectivity index (χ1) is 10.5. The second-order valence-electron chi connectivity index (χ2n) is 5.51. The fourth-order valence-electron chi connectivity index (χ4n) is 2.96. The van der Waals surface area contributed by atoms with E-state index in [0.29, 0.717) is 11.3 Å². The van der Waals surface area contributed by atoms with Gasteiger partial charge in [-0.2, -0.15) is 11.8 Å². The summed E-state index contributed by atoms with van der Waals surface area (Å²) in [4.78, 5) is 24.7. The van der Waals surface area contributed by atoms with Gasteiger partial charge in [-0.1, -0.05) is 18.6 Å². The van der Waals surface area contributed by atoms with Gasteiger partial charge in [0, 0.05) is 17.4 Å². The zero-order chi connectivity index (χ0) is 16.1. The maximum atomic E-state index is 12.2. The van der Waals surface area contributed by atoms with Gasteiger partial charge in [0.2, 0.25) is 5.91 Å². The van der Waals surface area contributed by atoms with E-state index in [1.165, 1.54) is 18.9 Å². The van der Waals surface area contributed by atoms with Crippen molar-refractivity contribution in [1.29, 1.82) is 0 Å². The number of benzene rings is 1. The molecule has 1 fully saturated rings. The van der Waals surface area contributed by atoms with E-state index < -0.39 is 4.92 Å². The first-order valence-electron chi connectivity index (χ1n) is 7.29. The molecular weight excluding hydrogens is 302 g/mol. The van der Waals surface area contributed by atoms with Gasteiger partial charge in [-0.25, -0.2) is 0 Å². The molecule has 0 aliphatic heterocycles. The molecule has 1 aromatic rings. The van der Waals surface area contributed by atoms with E-state index in [9.17, 15) is 14.9 Å². The first kappa shape index (κ1) is 16.8. The highest BCUT2D eigenvalue weighted by atomic mass is 32.2. The number of nitro benzene ring substituents is 1. The number of carbonyl (C=O) groups is 1. The summed E-state index contributed by atoms with van der Waals surface area (Å²) in [5.41, 5.74) is 0.167. The van der Waals surface area contributed by atoms with Crippen LogP contribution in [0, 0.1) is 10.1 Å². The molecule has 7 heteroatoms. The topological polar surface area (TPSA) is 75.5 Å². The SMILES string of the molecule is CS[C@@H]1CCC[C@H]1N(C)CC(=O)Nc1ccccc1[N+](=O)[O-]. The van der Waals surface area contributed by atoms with Gasteiger partial charge in [0.1, 0.15) is 5.69 Å². The third-order valence-electron chi connectivity index (χ3n) is 4.05. The molecule has 2 rings (SSSR count). The van der Waals surface area contributed by atoms with Crippen LogP contribution in [0.25, 0.3) is 0 Å². The van der Waals surface area contributed by atoms with Crippen molar-refractivity contribution in [2.45, 2.75) is 30.6 Å². The molecule has 1 amide bonds. The number of hydrogen-bond acceptors (Lipinski definition) is 5. The summed E-state index contributed by atoms with van der Waals surface area (Å²) in [7, 11) is 1.94. The molecule has 0 unspecified atom stereocenters. The fourth-order valence-corrected chi connectivity index (χ4v) is 4.02. The van der Waals surface area contributed by atoms with Crippen LogP contribution < -0.4 is 5.32 Å². The Hall–Kier alpha value is -1.60. The number of nitro groups is 1. The fraction of sp³-hybridized carbons (Fsp3) is 0.533. The number of nitrogens with one attached hydrogen (secondary N) is 1. The van der Waals surface area contributed by atoms with Gasteiger partial charge in [-0.3, -0.25) is 19.8 Å². The number of anilines is 1. The Kier molecular flexibility index (Phi) is 5.79. The van der Waals surface area contributed by atoms with Crippen molar-refractivity contribution in [3.05, 3.63) is 34.4 Å². The third-order valence-corrected chi connectivity index (χ3v) is 5.21. The van der Waals surface area contributed by atoms with Crippen LogP contribution in [0.5, 0.6) is 0 Å². The number of hydrogen-bond donors (Lipinski definition) is 1. The number of carbonyl (C=O) groups excluding carboxylic acids is 1. The summed E-state index contributed by atoms with van der Waals surface area (Å²) in [5, 5.41) is 14.2. The Balaban J connectivity index is 1.97. The zero-order valence-electron chi connectivity index (χ0n) is 12.8. The van der Waals surface area contributed by atoms with Crippen LogP contribution in [0.4, 0.5) is 11.4 Å². The van der Waals surface area contributed by atoms with Crippen LogP contribution in [-0.4, -0.2) is 46.9 Å². The molecule has 2 atom stereocenters. The molecule has 0 saturated heterocycles. The van der Waals surface area contributed by atoms with E-state index in [-0.39, 0.29) is 23.8 Å². The Bertz CT molecular complexity index is 553. The molecule has 0 spiro atoms. The molecule has 0 radical (unpaired) electrons. The molecule has 0 aromatic heterocycles. The lowest BCUT2D eigenvalue weighted by atomic mass is 10.2. The zero-order valence-corrected chi connectivity index (χ0v) is 13.6. The van der Waals surface area contributed by atoms with Crippen LogP contribution in [0.15, 0.2) is 24.3 Å².